The molecule has 1 N–H and O–H groups in total. The standard InChI is InChI=1S/C18H27N3/c1-4-10-20-18(15(2)3)16-8-12-21(14-16)13-9-17-7-5-6-11-19-17/h5-8,11-12,14-15,18,20H,4,9-10,13H2,1-3H3. The summed E-state index contributed by atoms with van der Waals surface area (Å²) in [4.78, 5) is 4.38. The third-order valence-electron chi connectivity index (χ3n) is 3.77. The molecule has 0 amide bonds. The SMILES string of the molecule is CCCNC(c1ccn(CCc2ccccn2)c1)C(C)C. The number of nitrogens with zero attached hydrogens (tertiary/aromatic N) is 2. The third kappa shape index (κ3) is 4.71. The summed E-state index contributed by atoms with van der Waals surface area (Å²) in [6.45, 7) is 8.82. The molecule has 1 atom stereocenters. The highest BCUT2D eigenvalue weighted by molar-refractivity contribution is 5.16. The predicted molar refractivity (Wildman–Crippen MR) is 88.2 cm³/mol. The zero-order valence-corrected chi connectivity index (χ0v) is 13.4. The van der Waals surface area contributed by atoms with Crippen LogP contribution >= 0.6 is 0 Å². The van der Waals surface area contributed by atoms with E-state index in [0.29, 0.717) is 12.0 Å². The molecule has 2 aromatic rings. The smallest absolute Gasteiger partial charge is 0.0421 e. The van der Waals surface area contributed by atoms with E-state index in [1.807, 2.05) is 18.3 Å². The molecular formula is C18H27N3. The van der Waals surface area contributed by atoms with Gasteiger partial charge in [-0.1, -0.05) is 26.8 Å². The minimum Gasteiger partial charge on any atom is -0.354 e. The molecular weight excluding hydrogens is 258 g/mol. The maximum Gasteiger partial charge on any atom is 0.0421 e. The van der Waals surface area contributed by atoms with Crippen LogP contribution in [0.15, 0.2) is 42.9 Å². The Kier molecular flexibility index (Phi) is 6.00. The van der Waals surface area contributed by atoms with Crippen molar-refractivity contribution in [2.45, 2.75) is 46.2 Å². The Balaban J connectivity index is 1.96. The van der Waals surface area contributed by atoms with Gasteiger partial charge in [0, 0.05) is 43.3 Å². The first-order valence-corrected chi connectivity index (χ1v) is 7.99. The lowest BCUT2D eigenvalue weighted by atomic mass is 9.98. The highest BCUT2D eigenvalue weighted by Crippen LogP contribution is 2.22. The molecule has 0 saturated carbocycles. The van der Waals surface area contributed by atoms with Gasteiger partial charge in [-0.15, -0.1) is 0 Å². The third-order valence-corrected chi connectivity index (χ3v) is 3.77. The van der Waals surface area contributed by atoms with Crippen LogP contribution < -0.4 is 5.32 Å². The lowest BCUT2D eigenvalue weighted by molar-refractivity contribution is 0.412. The Labute approximate surface area is 128 Å². The average molecular weight is 285 g/mol. The van der Waals surface area contributed by atoms with Gasteiger partial charge < -0.3 is 9.88 Å². The second-order valence-corrected chi connectivity index (χ2v) is 5.93. The monoisotopic (exact) mass is 285 g/mol. The van der Waals surface area contributed by atoms with E-state index in [2.05, 4.69) is 60.2 Å². The number of rotatable bonds is 8. The fourth-order valence-electron chi connectivity index (χ4n) is 2.61. The molecule has 0 saturated heterocycles. The van der Waals surface area contributed by atoms with E-state index < -0.39 is 0 Å². The normalized spacial score (nSPS) is 12.8. The molecule has 2 heterocycles. The number of nitrogens with one attached hydrogen (secondary N) is 1. The molecule has 0 radical (unpaired) electrons. The van der Waals surface area contributed by atoms with Gasteiger partial charge in [0.25, 0.3) is 0 Å². The van der Waals surface area contributed by atoms with Crippen LogP contribution in [0.1, 0.15) is 44.5 Å². The van der Waals surface area contributed by atoms with Crippen LogP contribution in [0.25, 0.3) is 0 Å². The van der Waals surface area contributed by atoms with Crippen molar-refractivity contribution in [3.63, 3.8) is 0 Å². The first-order chi connectivity index (χ1) is 10.2. The number of hydrogen-bond donors (Lipinski definition) is 1. The topological polar surface area (TPSA) is 29.9 Å². The lowest BCUT2D eigenvalue weighted by Gasteiger charge is -2.21. The molecule has 3 heteroatoms. The fraction of sp³-hybridized carbons (Fsp3) is 0.500. The Morgan fingerprint density at radius 2 is 2.10 bits per heavy atom. The maximum atomic E-state index is 4.38. The zero-order valence-electron chi connectivity index (χ0n) is 13.4. The summed E-state index contributed by atoms with van der Waals surface area (Å²) < 4.78 is 2.27. The molecule has 114 valence electrons. The molecule has 3 nitrogen and oxygen atoms in total. The Hall–Kier alpha value is -1.61. The van der Waals surface area contributed by atoms with Gasteiger partial charge in [-0.3, -0.25) is 4.98 Å². The summed E-state index contributed by atoms with van der Waals surface area (Å²) in [6.07, 6.45) is 8.46. The molecule has 2 aromatic heterocycles. The van der Waals surface area contributed by atoms with Crippen LogP contribution in [0.5, 0.6) is 0 Å². The van der Waals surface area contributed by atoms with Gasteiger partial charge in [-0.2, -0.15) is 0 Å². The van der Waals surface area contributed by atoms with Crippen molar-refractivity contribution in [1.82, 2.24) is 14.9 Å². The van der Waals surface area contributed by atoms with Gasteiger partial charge in [-0.25, -0.2) is 0 Å². The van der Waals surface area contributed by atoms with Crippen LogP contribution in [-0.2, 0) is 13.0 Å². The van der Waals surface area contributed by atoms with E-state index in [-0.39, 0.29) is 0 Å². The van der Waals surface area contributed by atoms with E-state index in [9.17, 15) is 0 Å². The largest absolute Gasteiger partial charge is 0.354 e. The van der Waals surface area contributed by atoms with Crippen LogP contribution in [0, 0.1) is 5.92 Å². The quantitative estimate of drug-likeness (QED) is 0.799. The molecule has 0 aliphatic carbocycles. The Morgan fingerprint density at radius 1 is 1.24 bits per heavy atom. The van der Waals surface area contributed by atoms with E-state index in [0.717, 1.165) is 25.2 Å². The van der Waals surface area contributed by atoms with Crippen LogP contribution in [0.2, 0.25) is 0 Å². The zero-order chi connectivity index (χ0) is 15.1. The van der Waals surface area contributed by atoms with Crippen molar-refractivity contribution >= 4 is 0 Å². The molecule has 2 rings (SSSR count). The van der Waals surface area contributed by atoms with Crippen LogP contribution in [-0.4, -0.2) is 16.1 Å². The van der Waals surface area contributed by atoms with Crippen molar-refractivity contribution in [2.24, 2.45) is 5.92 Å². The van der Waals surface area contributed by atoms with E-state index >= 15 is 0 Å². The maximum absolute atomic E-state index is 4.38. The number of aryl methyl sites for hydroxylation is 2. The highest BCUT2D eigenvalue weighted by atomic mass is 15.0. The van der Waals surface area contributed by atoms with Crippen LogP contribution in [0.4, 0.5) is 0 Å². The summed E-state index contributed by atoms with van der Waals surface area (Å²) in [7, 11) is 0. The van der Waals surface area contributed by atoms with E-state index in [4.69, 9.17) is 0 Å². The number of aromatic nitrogens is 2. The van der Waals surface area contributed by atoms with Crippen LogP contribution in [0.3, 0.4) is 0 Å². The molecule has 1 unspecified atom stereocenters. The van der Waals surface area contributed by atoms with Gasteiger partial charge in [0.2, 0.25) is 0 Å². The molecule has 0 spiro atoms. The van der Waals surface area contributed by atoms with Crippen molar-refractivity contribution in [3.05, 3.63) is 54.1 Å². The first-order valence-electron chi connectivity index (χ1n) is 7.99. The fourth-order valence-corrected chi connectivity index (χ4v) is 2.61. The summed E-state index contributed by atoms with van der Waals surface area (Å²) in [5, 5.41) is 3.65. The van der Waals surface area contributed by atoms with Gasteiger partial charge >= 0.3 is 0 Å². The first kappa shape index (κ1) is 15.8. The molecule has 21 heavy (non-hydrogen) atoms. The average Bonchev–Trinajstić information content (AvgIpc) is 2.95. The summed E-state index contributed by atoms with van der Waals surface area (Å²) in [5.41, 5.74) is 2.54. The lowest BCUT2D eigenvalue weighted by Crippen LogP contribution is -2.26. The summed E-state index contributed by atoms with van der Waals surface area (Å²) in [5.74, 6) is 0.600. The van der Waals surface area contributed by atoms with Gasteiger partial charge in [0.15, 0.2) is 0 Å². The van der Waals surface area contributed by atoms with Crippen molar-refractivity contribution in [1.29, 1.82) is 0 Å². The minimum atomic E-state index is 0.445. The van der Waals surface area contributed by atoms with Gasteiger partial charge in [0.05, 0.1) is 0 Å². The predicted octanol–water partition coefficient (Wildman–Crippen LogP) is 3.82. The molecule has 0 aliphatic heterocycles. The minimum absolute atomic E-state index is 0.445. The second-order valence-electron chi connectivity index (χ2n) is 5.93. The van der Waals surface area contributed by atoms with E-state index in [1.54, 1.807) is 0 Å². The molecule has 0 bridgehead atoms. The summed E-state index contributed by atoms with van der Waals surface area (Å²) >= 11 is 0. The number of hydrogen-bond acceptors (Lipinski definition) is 2. The Morgan fingerprint density at radius 3 is 2.76 bits per heavy atom. The van der Waals surface area contributed by atoms with Crippen molar-refractivity contribution in [3.8, 4) is 0 Å². The molecule has 0 aliphatic rings. The summed E-state index contributed by atoms with van der Waals surface area (Å²) in [6, 6.07) is 8.79. The van der Waals surface area contributed by atoms with Gasteiger partial charge in [0.1, 0.15) is 0 Å². The highest BCUT2D eigenvalue weighted by Gasteiger charge is 2.15. The Bertz CT molecular complexity index is 516. The van der Waals surface area contributed by atoms with E-state index in [1.165, 1.54) is 12.0 Å². The van der Waals surface area contributed by atoms with Gasteiger partial charge in [-0.05, 0) is 42.6 Å². The molecule has 0 aromatic carbocycles. The second kappa shape index (κ2) is 7.99. The van der Waals surface area contributed by atoms with Crippen molar-refractivity contribution in [2.75, 3.05) is 6.54 Å². The molecule has 0 fully saturated rings. The number of pyridine rings is 1. The van der Waals surface area contributed by atoms with Crippen molar-refractivity contribution < 1.29 is 0 Å².